The molecule has 1 aliphatic rings. The molecule has 0 aromatic carbocycles. The van der Waals surface area contributed by atoms with Gasteiger partial charge in [-0.2, -0.15) is 5.10 Å². The normalized spacial score (nSPS) is 19.3. The van der Waals surface area contributed by atoms with Gasteiger partial charge in [-0.1, -0.05) is 32.9 Å². The van der Waals surface area contributed by atoms with E-state index >= 15 is 0 Å². The number of likely N-dealkylation sites (N-methyl/N-ethyl adjacent to an activating group) is 1. The number of nitrogens with zero attached hydrogens (tertiary/aromatic N) is 3. The van der Waals surface area contributed by atoms with E-state index in [4.69, 9.17) is 4.84 Å². The fourth-order valence-electron chi connectivity index (χ4n) is 2.32. The van der Waals surface area contributed by atoms with E-state index in [1.807, 2.05) is 0 Å². The lowest BCUT2D eigenvalue weighted by atomic mass is 9.92. The van der Waals surface area contributed by atoms with Crippen molar-refractivity contribution < 1.29 is 4.84 Å². The average Bonchev–Trinajstić information content (AvgIpc) is 2.97. The molecule has 1 aromatic rings. The summed E-state index contributed by atoms with van der Waals surface area (Å²) in [6.45, 7) is 10.4. The van der Waals surface area contributed by atoms with E-state index < -0.39 is 0 Å². The van der Waals surface area contributed by atoms with Gasteiger partial charge in [-0.25, -0.2) is 0 Å². The highest BCUT2D eigenvalue weighted by atomic mass is 16.6. The lowest BCUT2D eigenvalue weighted by Crippen LogP contribution is -2.29. The molecule has 1 atom stereocenters. The van der Waals surface area contributed by atoms with Crippen molar-refractivity contribution in [3.63, 3.8) is 0 Å². The molecule has 0 radical (unpaired) electrons. The third-order valence-electron chi connectivity index (χ3n) is 3.56. The Balaban J connectivity index is 1.83. The van der Waals surface area contributed by atoms with Gasteiger partial charge in [0.05, 0.1) is 11.4 Å². The molecule has 0 saturated carbocycles. The van der Waals surface area contributed by atoms with Crippen LogP contribution in [-0.2, 0) is 16.8 Å². The van der Waals surface area contributed by atoms with Crippen LogP contribution in [0.15, 0.2) is 11.2 Å². The van der Waals surface area contributed by atoms with Crippen LogP contribution in [0.3, 0.4) is 0 Å². The largest absolute Gasteiger partial charge is 0.391 e. The molecule has 5 heteroatoms. The molecule has 112 valence electrons. The molecule has 1 aliphatic heterocycles. The summed E-state index contributed by atoms with van der Waals surface area (Å²) in [7, 11) is 2.10. The molecule has 0 bridgehead atoms. The van der Waals surface area contributed by atoms with Crippen LogP contribution in [0.4, 0.5) is 0 Å². The Morgan fingerprint density at radius 1 is 1.45 bits per heavy atom. The van der Waals surface area contributed by atoms with Crippen molar-refractivity contribution >= 4 is 5.71 Å². The molecule has 20 heavy (non-hydrogen) atoms. The Morgan fingerprint density at radius 2 is 2.20 bits per heavy atom. The van der Waals surface area contributed by atoms with Gasteiger partial charge in [0.2, 0.25) is 0 Å². The maximum Gasteiger partial charge on any atom is 0.145 e. The van der Waals surface area contributed by atoms with Crippen molar-refractivity contribution in [3.05, 3.63) is 17.5 Å². The van der Waals surface area contributed by atoms with Gasteiger partial charge in [-0.15, -0.1) is 0 Å². The summed E-state index contributed by atoms with van der Waals surface area (Å²) in [4.78, 5) is 7.69. The minimum atomic E-state index is 0.0890. The predicted molar refractivity (Wildman–Crippen MR) is 80.8 cm³/mol. The van der Waals surface area contributed by atoms with Gasteiger partial charge < -0.3 is 4.84 Å². The number of oxime groups is 1. The monoisotopic (exact) mass is 278 g/mol. The minimum Gasteiger partial charge on any atom is -0.391 e. The van der Waals surface area contributed by atoms with Gasteiger partial charge in [-0.05, 0) is 19.5 Å². The van der Waals surface area contributed by atoms with Gasteiger partial charge in [0.1, 0.15) is 6.10 Å². The quantitative estimate of drug-likeness (QED) is 0.901. The van der Waals surface area contributed by atoms with Gasteiger partial charge in [0.25, 0.3) is 0 Å². The first-order valence-corrected chi connectivity index (χ1v) is 7.33. The van der Waals surface area contributed by atoms with E-state index in [1.54, 1.807) is 0 Å². The van der Waals surface area contributed by atoms with Gasteiger partial charge in [-0.3, -0.25) is 10.00 Å². The highest BCUT2D eigenvalue weighted by molar-refractivity contribution is 5.85. The lowest BCUT2D eigenvalue weighted by molar-refractivity contribution is 0.0574. The van der Waals surface area contributed by atoms with Crippen molar-refractivity contribution in [3.8, 4) is 0 Å². The standard InChI is InChI=1S/C15H26N4O/c1-6-11-7-13(20-18-11)10-19(5)9-12-8-14(17-16-12)15(2,3)4/h8,13H,6-7,9-10H2,1-5H3,(H,16,17)/t13-/m1/s1. The average molecular weight is 278 g/mol. The molecule has 2 rings (SSSR count). The van der Waals surface area contributed by atoms with Crippen LogP contribution in [0.1, 0.15) is 51.9 Å². The van der Waals surface area contributed by atoms with Gasteiger partial charge >= 0.3 is 0 Å². The van der Waals surface area contributed by atoms with Crippen LogP contribution in [-0.4, -0.2) is 40.5 Å². The molecule has 0 aliphatic carbocycles. The molecule has 2 heterocycles. The number of hydrogen-bond donors (Lipinski definition) is 1. The summed E-state index contributed by atoms with van der Waals surface area (Å²) in [6.07, 6.45) is 2.13. The van der Waals surface area contributed by atoms with Crippen LogP contribution in [0.5, 0.6) is 0 Å². The van der Waals surface area contributed by atoms with E-state index in [0.717, 1.165) is 37.3 Å². The third kappa shape index (κ3) is 3.82. The van der Waals surface area contributed by atoms with Gasteiger partial charge in [0.15, 0.2) is 0 Å². The molecule has 1 N–H and O–H groups in total. The Labute approximate surface area is 121 Å². The van der Waals surface area contributed by atoms with Crippen molar-refractivity contribution in [2.75, 3.05) is 13.6 Å². The highest BCUT2D eigenvalue weighted by Gasteiger charge is 2.22. The second kappa shape index (κ2) is 5.95. The van der Waals surface area contributed by atoms with E-state index in [0.29, 0.717) is 0 Å². The van der Waals surface area contributed by atoms with E-state index in [-0.39, 0.29) is 11.5 Å². The highest BCUT2D eigenvalue weighted by Crippen LogP contribution is 2.21. The fourth-order valence-corrected chi connectivity index (χ4v) is 2.32. The number of aromatic amines is 1. The predicted octanol–water partition coefficient (Wildman–Crippen LogP) is 2.69. The number of aromatic nitrogens is 2. The summed E-state index contributed by atoms with van der Waals surface area (Å²) >= 11 is 0. The van der Waals surface area contributed by atoms with E-state index in [9.17, 15) is 0 Å². The maximum absolute atomic E-state index is 5.44. The number of H-pyrrole nitrogens is 1. The summed E-state index contributed by atoms with van der Waals surface area (Å²) < 4.78 is 0. The second-order valence-electron chi connectivity index (χ2n) is 6.67. The summed E-state index contributed by atoms with van der Waals surface area (Å²) in [5, 5.41) is 11.6. The smallest absolute Gasteiger partial charge is 0.145 e. The number of nitrogens with one attached hydrogen (secondary N) is 1. The molecular formula is C15H26N4O. The molecule has 1 aromatic heterocycles. The Hall–Kier alpha value is -1.36. The third-order valence-corrected chi connectivity index (χ3v) is 3.56. The first-order chi connectivity index (χ1) is 9.38. The molecule has 0 unspecified atom stereocenters. The molecular weight excluding hydrogens is 252 g/mol. The van der Waals surface area contributed by atoms with Crippen LogP contribution < -0.4 is 0 Å². The Kier molecular flexibility index (Phi) is 4.48. The van der Waals surface area contributed by atoms with Crippen LogP contribution in [0, 0.1) is 0 Å². The molecule has 0 spiro atoms. The van der Waals surface area contributed by atoms with Crippen molar-refractivity contribution in [1.29, 1.82) is 0 Å². The van der Waals surface area contributed by atoms with Gasteiger partial charge in [0, 0.05) is 30.6 Å². The van der Waals surface area contributed by atoms with Crippen molar-refractivity contribution in [2.24, 2.45) is 5.16 Å². The minimum absolute atomic E-state index is 0.0890. The molecule has 0 fully saturated rings. The zero-order chi connectivity index (χ0) is 14.8. The molecule has 0 saturated heterocycles. The van der Waals surface area contributed by atoms with Crippen LogP contribution >= 0.6 is 0 Å². The van der Waals surface area contributed by atoms with E-state index in [1.165, 1.54) is 5.71 Å². The van der Waals surface area contributed by atoms with E-state index in [2.05, 4.69) is 61.1 Å². The van der Waals surface area contributed by atoms with Crippen LogP contribution in [0.2, 0.25) is 0 Å². The lowest BCUT2D eigenvalue weighted by Gasteiger charge is -2.18. The Morgan fingerprint density at radius 3 is 2.75 bits per heavy atom. The summed E-state index contributed by atoms with van der Waals surface area (Å²) in [5.41, 5.74) is 3.51. The topological polar surface area (TPSA) is 53.5 Å². The zero-order valence-electron chi connectivity index (χ0n) is 13.2. The number of rotatable bonds is 5. The fraction of sp³-hybridized carbons (Fsp3) is 0.733. The summed E-state index contributed by atoms with van der Waals surface area (Å²) in [5.74, 6) is 0. The van der Waals surface area contributed by atoms with Crippen LogP contribution in [0.25, 0.3) is 0 Å². The maximum atomic E-state index is 5.44. The molecule has 5 nitrogen and oxygen atoms in total. The summed E-state index contributed by atoms with van der Waals surface area (Å²) in [6, 6.07) is 2.15. The Bertz CT molecular complexity index is 472. The first kappa shape index (κ1) is 15.0. The SMILES string of the molecule is CCC1=NO[C@@H](CN(C)Cc2cc(C(C)(C)C)n[nH]2)C1. The second-order valence-corrected chi connectivity index (χ2v) is 6.67. The number of hydrogen-bond acceptors (Lipinski definition) is 4. The zero-order valence-corrected chi connectivity index (χ0v) is 13.2. The van der Waals surface area contributed by atoms with Crippen molar-refractivity contribution in [2.45, 2.75) is 58.6 Å². The first-order valence-electron chi connectivity index (χ1n) is 7.33. The molecule has 0 amide bonds. The van der Waals surface area contributed by atoms with Crippen molar-refractivity contribution in [1.82, 2.24) is 15.1 Å².